The molecule has 1 aliphatic carbocycles. The van der Waals surface area contributed by atoms with Crippen LogP contribution in [-0.2, 0) is 6.18 Å². The van der Waals surface area contributed by atoms with Crippen LogP contribution in [0.3, 0.4) is 0 Å². The standard InChI is InChI=1S/C16H16ClF3N4O/c1-2-7-23(11-4-5-11)12-9-22-24(15(25)14(12)17)13-6-3-10(8-21-13)16(18,19)20/h3,6,8-9,11H,2,4-5,7H2,1H3. The molecular formula is C16H16ClF3N4O. The number of pyridine rings is 1. The number of hydrogen-bond acceptors (Lipinski definition) is 4. The van der Waals surface area contributed by atoms with Crippen LogP contribution in [0.25, 0.3) is 5.82 Å². The highest BCUT2D eigenvalue weighted by atomic mass is 35.5. The van der Waals surface area contributed by atoms with Crippen molar-refractivity contribution in [2.75, 3.05) is 11.4 Å². The fourth-order valence-corrected chi connectivity index (χ4v) is 2.83. The molecule has 0 aliphatic heterocycles. The molecule has 0 amide bonds. The van der Waals surface area contributed by atoms with E-state index in [0.717, 1.165) is 42.6 Å². The molecule has 2 aromatic rings. The maximum absolute atomic E-state index is 12.6. The Kier molecular flexibility index (Phi) is 4.73. The summed E-state index contributed by atoms with van der Waals surface area (Å²) >= 11 is 6.23. The minimum atomic E-state index is -4.49. The summed E-state index contributed by atoms with van der Waals surface area (Å²) in [5.41, 5.74) is -0.942. The Balaban J connectivity index is 1.96. The van der Waals surface area contributed by atoms with Crippen LogP contribution in [0, 0.1) is 0 Å². The molecule has 3 rings (SSSR count). The Labute approximate surface area is 147 Å². The van der Waals surface area contributed by atoms with Gasteiger partial charge in [0.2, 0.25) is 0 Å². The van der Waals surface area contributed by atoms with Crippen molar-refractivity contribution in [2.24, 2.45) is 0 Å². The maximum Gasteiger partial charge on any atom is 0.417 e. The van der Waals surface area contributed by atoms with Gasteiger partial charge in [-0.1, -0.05) is 18.5 Å². The SMILES string of the molecule is CCCN(c1cnn(-c2ccc(C(F)(F)F)cn2)c(=O)c1Cl)C1CC1. The number of aromatic nitrogens is 3. The van der Waals surface area contributed by atoms with Gasteiger partial charge in [0.25, 0.3) is 5.56 Å². The van der Waals surface area contributed by atoms with E-state index in [2.05, 4.69) is 15.0 Å². The van der Waals surface area contributed by atoms with Crippen LogP contribution in [0.15, 0.2) is 29.3 Å². The Hall–Kier alpha value is -2.09. The van der Waals surface area contributed by atoms with E-state index >= 15 is 0 Å². The number of halogens is 4. The van der Waals surface area contributed by atoms with E-state index in [1.54, 1.807) is 0 Å². The first-order valence-electron chi connectivity index (χ1n) is 7.91. The maximum atomic E-state index is 12.6. The molecule has 25 heavy (non-hydrogen) atoms. The molecule has 2 heterocycles. The summed E-state index contributed by atoms with van der Waals surface area (Å²) in [5.74, 6) is -0.0140. The highest BCUT2D eigenvalue weighted by Gasteiger charge is 2.32. The van der Waals surface area contributed by atoms with Gasteiger partial charge in [-0.15, -0.1) is 0 Å². The van der Waals surface area contributed by atoms with Crippen molar-refractivity contribution >= 4 is 17.3 Å². The van der Waals surface area contributed by atoms with E-state index in [9.17, 15) is 18.0 Å². The highest BCUT2D eigenvalue weighted by molar-refractivity contribution is 6.33. The molecule has 134 valence electrons. The van der Waals surface area contributed by atoms with E-state index in [-0.39, 0.29) is 10.8 Å². The van der Waals surface area contributed by atoms with Gasteiger partial charge in [0.05, 0.1) is 17.4 Å². The van der Waals surface area contributed by atoms with Crippen molar-refractivity contribution in [1.29, 1.82) is 0 Å². The van der Waals surface area contributed by atoms with E-state index in [0.29, 0.717) is 17.9 Å². The largest absolute Gasteiger partial charge is 0.417 e. The third-order valence-electron chi connectivity index (χ3n) is 3.95. The molecule has 0 unspecified atom stereocenters. The topological polar surface area (TPSA) is 51.0 Å². The first-order valence-corrected chi connectivity index (χ1v) is 8.28. The van der Waals surface area contributed by atoms with Crippen LogP contribution in [0.5, 0.6) is 0 Å². The summed E-state index contributed by atoms with van der Waals surface area (Å²) in [6.45, 7) is 2.79. The first-order chi connectivity index (χ1) is 11.8. The molecule has 1 saturated carbocycles. The number of rotatable bonds is 5. The number of anilines is 1. The highest BCUT2D eigenvalue weighted by Crippen LogP contribution is 2.34. The summed E-state index contributed by atoms with van der Waals surface area (Å²) in [5, 5.41) is 4.05. The minimum absolute atomic E-state index is 0.00273. The average Bonchev–Trinajstić information content (AvgIpc) is 3.40. The second-order valence-corrected chi connectivity index (χ2v) is 6.27. The fraction of sp³-hybridized carbons (Fsp3) is 0.438. The summed E-state index contributed by atoms with van der Waals surface area (Å²) in [6, 6.07) is 2.31. The van der Waals surface area contributed by atoms with Crippen LogP contribution in [-0.4, -0.2) is 27.4 Å². The van der Waals surface area contributed by atoms with E-state index in [1.807, 2.05) is 6.92 Å². The van der Waals surface area contributed by atoms with Crippen molar-refractivity contribution in [3.05, 3.63) is 45.5 Å². The van der Waals surface area contributed by atoms with Gasteiger partial charge < -0.3 is 4.90 Å². The third kappa shape index (κ3) is 3.63. The summed E-state index contributed by atoms with van der Waals surface area (Å²) in [6.07, 6.45) is 0.627. The summed E-state index contributed by atoms with van der Waals surface area (Å²) in [4.78, 5) is 18.2. The molecule has 1 aliphatic rings. The van der Waals surface area contributed by atoms with Gasteiger partial charge in [-0.25, -0.2) is 4.98 Å². The predicted molar refractivity (Wildman–Crippen MR) is 88.3 cm³/mol. The lowest BCUT2D eigenvalue weighted by molar-refractivity contribution is -0.137. The van der Waals surface area contributed by atoms with E-state index in [1.165, 1.54) is 6.20 Å². The lowest BCUT2D eigenvalue weighted by Gasteiger charge is -2.24. The lowest BCUT2D eigenvalue weighted by atomic mass is 10.3. The van der Waals surface area contributed by atoms with Crippen LogP contribution < -0.4 is 10.5 Å². The zero-order valence-electron chi connectivity index (χ0n) is 13.4. The quantitative estimate of drug-likeness (QED) is 0.803. The molecule has 2 aromatic heterocycles. The van der Waals surface area contributed by atoms with Crippen LogP contribution in [0.2, 0.25) is 5.02 Å². The van der Waals surface area contributed by atoms with Crippen LogP contribution in [0.4, 0.5) is 18.9 Å². The van der Waals surface area contributed by atoms with Crippen molar-refractivity contribution in [2.45, 2.75) is 38.4 Å². The zero-order chi connectivity index (χ0) is 18.2. The average molecular weight is 373 g/mol. The monoisotopic (exact) mass is 372 g/mol. The van der Waals surface area contributed by atoms with Gasteiger partial charge >= 0.3 is 6.18 Å². The molecular weight excluding hydrogens is 357 g/mol. The van der Waals surface area contributed by atoms with Gasteiger partial charge in [-0.2, -0.15) is 23.0 Å². The first kappa shape index (κ1) is 17.7. The number of alkyl halides is 3. The second kappa shape index (κ2) is 6.67. The molecule has 0 N–H and O–H groups in total. The third-order valence-corrected chi connectivity index (χ3v) is 4.31. The van der Waals surface area contributed by atoms with Crippen molar-refractivity contribution in [3.8, 4) is 5.82 Å². The Morgan fingerprint density at radius 2 is 2.04 bits per heavy atom. The van der Waals surface area contributed by atoms with Gasteiger partial charge in [-0.05, 0) is 31.4 Å². The Morgan fingerprint density at radius 3 is 2.56 bits per heavy atom. The number of hydrogen-bond donors (Lipinski definition) is 0. The van der Waals surface area contributed by atoms with Crippen molar-refractivity contribution in [3.63, 3.8) is 0 Å². The van der Waals surface area contributed by atoms with Crippen molar-refractivity contribution < 1.29 is 13.2 Å². The Morgan fingerprint density at radius 1 is 1.32 bits per heavy atom. The van der Waals surface area contributed by atoms with Gasteiger partial charge in [0.15, 0.2) is 5.82 Å². The van der Waals surface area contributed by atoms with Gasteiger partial charge in [-0.3, -0.25) is 4.79 Å². The van der Waals surface area contributed by atoms with Gasteiger partial charge in [0, 0.05) is 18.8 Å². The minimum Gasteiger partial charge on any atom is -0.366 e. The molecule has 0 bridgehead atoms. The normalized spacial score (nSPS) is 14.6. The second-order valence-electron chi connectivity index (χ2n) is 5.89. The predicted octanol–water partition coefficient (Wildman–Crippen LogP) is 3.68. The van der Waals surface area contributed by atoms with E-state index in [4.69, 9.17) is 11.6 Å². The van der Waals surface area contributed by atoms with Gasteiger partial charge in [0.1, 0.15) is 5.02 Å². The molecule has 1 fully saturated rings. The Bertz CT molecular complexity index is 816. The molecule has 0 saturated heterocycles. The molecule has 0 atom stereocenters. The molecule has 0 spiro atoms. The summed E-state index contributed by atoms with van der Waals surface area (Å²) in [7, 11) is 0. The van der Waals surface area contributed by atoms with Crippen LogP contribution >= 0.6 is 11.6 Å². The van der Waals surface area contributed by atoms with E-state index < -0.39 is 17.3 Å². The lowest BCUT2D eigenvalue weighted by Crippen LogP contribution is -2.31. The molecule has 0 radical (unpaired) electrons. The zero-order valence-corrected chi connectivity index (χ0v) is 14.2. The summed E-state index contributed by atoms with van der Waals surface area (Å²) < 4.78 is 38.7. The van der Waals surface area contributed by atoms with Crippen molar-refractivity contribution in [1.82, 2.24) is 14.8 Å². The molecule has 5 nitrogen and oxygen atoms in total. The molecule has 0 aromatic carbocycles. The van der Waals surface area contributed by atoms with Crippen LogP contribution in [0.1, 0.15) is 31.7 Å². The fourth-order valence-electron chi connectivity index (χ4n) is 2.59. The smallest absolute Gasteiger partial charge is 0.366 e. The molecule has 9 heteroatoms. The number of nitrogens with zero attached hydrogens (tertiary/aromatic N) is 4.